The molecule has 0 bridgehead atoms. The number of benzene rings is 2. The summed E-state index contributed by atoms with van der Waals surface area (Å²) in [6, 6.07) is 12.0. The van der Waals surface area contributed by atoms with Gasteiger partial charge in [-0.2, -0.15) is 0 Å². The second kappa shape index (κ2) is 7.61. The molecule has 1 saturated heterocycles. The van der Waals surface area contributed by atoms with Gasteiger partial charge < -0.3 is 14.7 Å². The quantitative estimate of drug-likeness (QED) is 0.925. The number of likely N-dealkylation sites (tertiary alicyclic amines) is 1. The lowest BCUT2D eigenvalue weighted by molar-refractivity contribution is -0.142. The molecule has 2 atom stereocenters. The van der Waals surface area contributed by atoms with Gasteiger partial charge in [-0.15, -0.1) is 0 Å². The topological polar surface area (TPSA) is 49.8 Å². The van der Waals surface area contributed by atoms with E-state index in [1.54, 1.807) is 29.2 Å². The molecule has 0 saturated carbocycles. The lowest BCUT2D eigenvalue weighted by Gasteiger charge is -2.33. The molecule has 0 radical (unpaired) electrons. The molecule has 2 aromatic carbocycles. The highest BCUT2D eigenvalue weighted by atomic mass is 19.2. The van der Waals surface area contributed by atoms with Gasteiger partial charge in [-0.25, -0.2) is 8.78 Å². The third kappa shape index (κ3) is 4.14. The van der Waals surface area contributed by atoms with Crippen molar-refractivity contribution in [2.45, 2.75) is 25.0 Å². The summed E-state index contributed by atoms with van der Waals surface area (Å²) in [5, 5.41) is 9.81. The number of nitrogens with zero attached hydrogens (tertiary/aromatic N) is 1. The Kier molecular flexibility index (Phi) is 5.28. The SMILES string of the molecule is O=C(C(Oc1ccc(F)c(F)c1)c1ccccc1)N1CCCC(O)C1. The second-order valence-electron chi connectivity index (χ2n) is 6.06. The number of ether oxygens (including phenoxy) is 1. The number of β-amino-alcohol motifs (C(OH)–C–C–N with tert-alkyl or cyclic N) is 1. The van der Waals surface area contributed by atoms with Crippen molar-refractivity contribution in [3.05, 3.63) is 65.7 Å². The molecule has 1 aliphatic heterocycles. The molecule has 1 fully saturated rings. The van der Waals surface area contributed by atoms with Gasteiger partial charge in [0, 0.05) is 24.7 Å². The minimum atomic E-state index is -1.04. The van der Waals surface area contributed by atoms with Crippen LogP contribution in [0.2, 0.25) is 0 Å². The van der Waals surface area contributed by atoms with Crippen molar-refractivity contribution in [3.8, 4) is 5.75 Å². The van der Waals surface area contributed by atoms with Crippen LogP contribution in [0.15, 0.2) is 48.5 Å². The highest BCUT2D eigenvalue weighted by molar-refractivity contribution is 5.83. The van der Waals surface area contributed by atoms with Crippen LogP contribution in [0, 0.1) is 11.6 Å². The molecule has 4 nitrogen and oxygen atoms in total. The number of hydrogen-bond donors (Lipinski definition) is 1. The first kappa shape index (κ1) is 17.4. The minimum Gasteiger partial charge on any atom is -0.476 e. The zero-order valence-corrected chi connectivity index (χ0v) is 13.6. The van der Waals surface area contributed by atoms with E-state index in [9.17, 15) is 18.7 Å². The summed E-state index contributed by atoms with van der Waals surface area (Å²) in [5.41, 5.74) is 0.609. The van der Waals surface area contributed by atoms with Gasteiger partial charge in [0.05, 0.1) is 6.10 Å². The van der Waals surface area contributed by atoms with Crippen molar-refractivity contribution in [1.29, 1.82) is 0 Å². The van der Waals surface area contributed by atoms with Gasteiger partial charge in [0.15, 0.2) is 11.6 Å². The zero-order valence-electron chi connectivity index (χ0n) is 13.6. The van der Waals surface area contributed by atoms with E-state index in [1.165, 1.54) is 6.07 Å². The van der Waals surface area contributed by atoms with Gasteiger partial charge in [0.2, 0.25) is 6.10 Å². The molecule has 1 aliphatic rings. The molecular weight excluding hydrogens is 328 g/mol. The summed E-state index contributed by atoms with van der Waals surface area (Å²) in [7, 11) is 0. The van der Waals surface area contributed by atoms with Crippen LogP contribution >= 0.6 is 0 Å². The Balaban J connectivity index is 1.87. The third-order valence-corrected chi connectivity index (χ3v) is 4.18. The first-order valence-electron chi connectivity index (χ1n) is 8.18. The minimum absolute atomic E-state index is 0.0682. The molecule has 2 aromatic rings. The van der Waals surface area contributed by atoms with E-state index >= 15 is 0 Å². The maximum atomic E-state index is 13.5. The van der Waals surface area contributed by atoms with Crippen molar-refractivity contribution < 1.29 is 23.4 Å². The van der Waals surface area contributed by atoms with E-state index in [0.29, 0.717) is 24.9 Å². The van der Waals surface area contributed by atoms with E-state index in [-0.39, 0.29) is 18.2 Å². The predicted octanol–water partition coefficient (Wildman–Crippen LogP) is 3.07. The number of aliphatic hydroxyl groups excluding tert-OH is 1. The molecule has 1 heterocycles. The van der Waals surface area contributed by atoms with Crippen LogP contribution in [0.3, 0.4) is 0 Å². The number of hydrogen-bond acceptors (Lipinski definition) is 3. The van der Waals surface area contributed by atoms with E-state index in [1.807, 2.05) is 6.07 Å². The zero-order chi connectivity index (χ0) is 17.8. The standard InChI is InChI=1S/C19H19F2NO3/c20-16-9-8-15(11-17(16)21)25-18(13-5-2-1-3-6-13)19(24)22-10-4-7-14(23)12-22/h1-3,5-6,8-9,11,14,18,23H,4,7,10,12H2. The number of piperidine rings is 1. The van der Waals surface area contributed by atoms with Crippen molar-refractivity contribution in [1.82, 2.24) is 4.90 Å². The highest BCUT2D eigenvalue weighted by Crippen LogP contribution is 2.26. The lowest BCUT2D eigenvalue weighted by Crippen LogP contribution is -2.45. The maximum Gasteiger partial charge on any atom is 0.268 e. The number of aliphatic hydroxyl groups is 1. The Labute approximate surface area is 144 Å². The number of rotatable bonds is 4. The van der Waals surface area contributed by atoms with Gasteiger partial charge in [-0.1, -0.05) is 30.3 Å². The normalized spacial score (nSPS) is 18.7. The van der Waals surface area contributed by atoms with Crippen molar-refractivity contribution in [3.63, 3.8) is 0 Å². The van der Waals surface area contributed by atoms with E-state index in [4.69, 9.17) is 4.74 Å². The fourth-order valence-corrected chi connectivity index (χ4v) is 2.90. The summed E-state index contributed by atoms with van der Waals surface area (Å²) >= 11 is 0. The molecule has 0 aliphatic carbocycles. The fourth-order valence-electron chi connectivity index (χ4n) is 2.90. The number of carbonyl (C=O) groups is 1. The Morgan fingerprint density at radius 2 is 1.92 bits per heavy atom. The Bertz CT molecular complexity index is 739. The first-order chi connectivity index (χ1) is 12.0. The van der Waals surface area contributed by atoms with Crippen LogP contribution in [0.25, 0.3) is 0 Å². The number of carbonyl (C=O) groups excluding carboxylic acids is 1. The lowest BCUT2D eigenvalue weighted by atomic mass is 10.0. The largest absolute Gasteiger partial charge is 0.476 e. The number of halogens is 2. The molecule has 132 valence electrons. The van der Waals surface area contributed by atoms with Crippen LogP contribution in [0.4, 0.5) is 8.78 Å². The molecule has 3 rings (SSSR count). The van der Waals surface area contributed by atoms with Crippen LogP contribution in [-0.2, 0) is 4.79 Å². The fraction of sp³-hybridized carbons (Fsp3) is 0.316. The third-order valence-electron chi connectivity index (χ3n) is 4.18. The summed E-state index contributed by atoms with van der Waals surface area (Å²) in [6.07, 6.45) is -0.183. The van der Waals surface area contributed by atoms with Crippen LogP contribution in [-0.4, -0.2) is 35.1 Å². The second-order valence-corrected chi connectivity index (χ2v) is 6.06. The number of amides is 1. The van der Waals surface area contributed by atoms with E-state index < -0.39 is 23.8 Å². The molecule has 2 unspecified atom stereocenters. The van der Waals surface area contributed by atoms with Gasteiger partial charge >= 0.3 is 0 Å². The van der Waals surface area contributed by atoms with Gasteiger partial charge in [-0.3, -0.25) is 4.79 Å². The average Bonchev–Trinajstić information content (AvgIpc) is 2.63. The van der Waals surface area contributed by atoms with E-state index in [2.05, 4.69) is 0 Å². The Hall–Kier alpha value is -2.47. The Morgan fingerprint density at radius 1 is 1.16 bits per heavy atom. The van der Waals surface area contributed by atoms with Crippen LogP contribution in [0.1, 0.15) is 24.5 Å². The summed E-state index contributed by atoms with van der Waals surface area (Å²) in [4.78, 5) is 14.5. The molecule has 0 spiro atoms. The summed E-state index contributed by atoms with van der Waals surface area (Å²) < 4.78 is 32.3. The summed E-state index contributed by atoms with van der Waals surface area (Å²) in [5.74, 6) is -2.26. The van der Waals surface area contributed by atoms with Gasteiger partial charge in [-0.05, 0) is 25.0 Å². The van der Waals surface area contributed by atoms with Crippen LogP contribution < -0.4 is 4.74 Å². The monoisotopic (exact) mass is 347 g/mol. The molecule has 6 heteroatoms. The van der Waals surface area contributed by atoms with Crippen LogP contribution in [0.5, 0.6) is 5.75 Å². The van der Waals surface area contributed by atoms with Gasteiger partial charge in [0.1, 0.15) is 5.75 Å². The van der Waals surface area contributed by atoms with Crippen molar-refractivity contribution in [2.24, 2.45) is 0 Å². The summed E-state index contributed by atoms with van der Waals surface area (Å²) in [6.45, 7) is 0.768. The average molecular weight is 347 g/mol. The molecule has 0 aromatic heterocycles. The first-order valence-corrected chi connectivity index (χ1v) is 8.18. The van der Waals surface area contributed by atoms with Crippen molar-refractivity contribution in [2.75, 3.05) is 13.1 Å². The molecule has 1 amide bonds. The smallest absolute Gasteiger partial charge is 0.268 e. The molecule has 25 heavy (non-hydrogen) atoms. The predicted molar refractivity (Wildman–Crippen MR) is 88.0 cm³/mol. The maximum absolute atomic E-state index is 13.5. The van der Waals surface area contributed by atoms with Gasteiger partial charge in [0.25, 0.3) is 5.91 Å². The highest BCUT2D eigenvalue weighted by Gasteiger charge is 2.31. The molecular formula is C19H19F2NO3. The van der Waals surface area contributed by atoms with E-state index in [0.717, 1.165) is 12.1 Å². The Morgan fingerprint density at radius 3 is 2.60 bits per heavy atom. The van der Waals surface area contributed by atoms with Crippen molar-refractivity contribution >= 4 is 5.91 Å². The molecule has 1 N–H and O–H groups in total.